The maximum atomic E-state index is 5.44. The van der Waals surface area contributed by atoms with Crippen molar-refractivity contribution in [2.45, 2.75) is 77.6 Å². The van der Waals surface area contributed by atoms with E-state index in [9.17, 15) is 0 Å². The van der Waals surface area contributed by atoms with Crippen LogP contribution < -0.4 is 0 Å². The Bertz CT molecular complexity index is 356. The van der Waals surface area contributed by atoms with Crippen LogP contribution in [0.5, 0.6) is 0 Å². The van der Waals surface area contributed by atoms with Gasteiger partial charge in [-0.1, -0.05) is 50.3 Å². The molecule has 0 aliphatic rings. The summed E-state index contributed by atoms with van der Waals surface area (Å²) in [5, 5.41) is 0. The number of rotatable bonds is 12. The molecule has 0 aromatic carbocycles. The van der Waals surface area contributed by atoms with Crippen molar-refractivity contribution in [1.82, 2.24) is 0 Å². The minimum absolute atomic E-state index is 0.391. The fourth-order valence-electron chi connectivity index (χ4n) is 2.13. The monoisotopic (exact) mass is 284 g/mol. The Morgan fingerprint density at radius 3 is 2.48 bits per heavy atom. The summed E-state index contributed by atoms with van der Waals surface area (Å²) in [6.45, 7) is 5.96. The summed E-state index contributed by atoms with van der Waals surface area (Å²) in [5.41, 5.74) is 0. The van der Waals surface area contributed by atoms with Crippen molar-refractivity contribution in [2.24, 2.45) is 5.92 Å². The minimum Gasteiger partial charge on any atom is -0.120 e. The fraction of sp³-hybridized carbons (Fsp3) is 0.619. The van der Waals surface area contributed by atoms with Gasteiger partial charge in [0.15, 0.2) is 0 Å². The van der Waals surface area contributed by atoms with Crippen molar-refractivity contribution in [1.29, 1.82) is 0 Å². The zero-order valence-corrected chi connectivity index (χ0v) is 13.9. The molecule has 1 unspecified atom stereocenters. The maximum absolute atomic E-state index is 5.44. The van der Waals surface area contributed by atoms with E-state index in [4.69, 9.17) is 6.42 Å². The van der Waals surface area contributed by atoms with Gasteiger partial charge in [-0.15, -0.1) is 24.8 Å². The minimum atomic E-state index is 0.391. The van der Waals surface area contributed by atoms with Crippen LogP contribution in [0, 0.1) is 30.1 Å². The third kappa shape index (κ3) is 14.8. The van der Waals surface area contributed by atoms with Gasteiger partial charge in [0.1, 0.15) is 0 Å². The Balaban J connectivity index is 3.76. The average molecular weight is 284 g/mol. The third-order valence-corrected chi connectivity index (χ3v) is 3.44. The molecule has 0 rings (SSSR count). The second kappa shape index (κ2) is 16.7. The van der Waals surface area contributed by atoms with Gasteiger partial charge >= 0.3 is 0 Å². The van der Waals surface area contributed by atoms with Crippen LogP contribution in [0.3, 0.4) is 0 Å². The van der Waals surface area contributed by atoms with Gasteiger partial charge in [0.2, 0.25) is 0 Å². The normalized spacial score (nSPS) is 11.6. The van der Waals surface area contributed by atoms with Crippen LogP contribution in [-0.2, 0) is 0 Å². The summed E-state index contributed by atoms with van der Waals surface area (Å²) in [6, 6.07) is 0. The van der Waals surface area contributed by atoms with E-state index in [-0.39, 0.29) is 0 Å². The zero-order chi connectivity index (χ0) is 15.6. The molecule has 116 valence electrons. The van der Waals surface area contributed by atoms with Gasteiger partial charge in [-0.05, 0) is 38.5 Å². The molecule has 1 atom stereocenters. The van der Waals surface area contributed by atoms with Crippen LogP contribution in [0.4, 0.5) is 0 Å². The lowest BCUT2D eigenvalue weighted by atomic mass is 9.98. The molecular formula is C21H32. The lowest BCUT2D eigenvalue weighted by Crippen LogP contribution is -1.96. The Kier molecular flexibility index (Phi) is 15.5. The summed E-state index contributed by atoms with van der Waals surface area (Å²) in [7, 11) is 0. The van der Waals surface area contributed by atoms with E-state index in [1.54, 1.807) is 0 Å². The zero-order valence-electron chi connectivity index (χ0n) is 13.9. The molecule has 0 fully saturated rings. The molecule has 0 heteroatoms. The number of unbranched alkanes of at least 4 members (excludes halogenated alkanes) is 6. The Labute approximate surface area is 133 Å². The quantitative estimate of drug-likeness (QED) is 0.224. The molecule has 0 saturated carbocycles. The summed E-state index contributed by atoms with van der Waals surface area (Å²) in [5.74, 6) is 9.78. The van der Waals surface area contributed by atoms with Gasteiger partial charge in [0, 0.05) is 18.8 Å². The van der Waals surface area contributed by atoms with Crippen molar-refractivity contribution < 1.29 is 0 Å². The van der Waals surface area contributed by atoms with Gasteiger partial charge in [0.05, 0.1) is 0 Å². The predicted molar refractivity (Wildman–Crippen MR) is 95.9 cm³/mol. The molecule has 0 N–H and O–H groups in total. The highest BCUT2D eigenvalue weighted by atomic mass is 14.1. The first-order valence-electron chi connectivity index (χ1n) is 8.52. The average Bonchev–Trinajstić information content (AvgIpc) is 2.49. The van der Waals surface area contributed by atoms with Crippen LogP contribution in [0.25, 0.3) is 0 Å². The molecule has 0 aromatic heterocycles. The first-order valence-corrected chi connectivity index (χ1v) is 8.52. The van der Waals surface area contributed by atoms with Crippen molar-refractivity contribution in [3.63, 3.8) is 0 Å². The molecule has 0 heterocycles. The van der Waals surface area contributed by atoms with Crippen molar-refractivity contribution in [3.05, 3.63) is 24.8 Å². The Hall–Kier alpha value is -1.40. The standard InChI is InChI=1S/C21H32/c1-4-7-9-11-12-13-15-17-20-21(18-6-3)19-16-14-10-8-5-2/h3,5,11-12,21H,2,4,7-10,13-15,17-18,20H2,1H3. The lowest BCUT2D eigenvalue weighted by molar-refractivity contribution is 0.571. The summed E-state index contributed by atoms with van der Waals surface area (Å²) >= 11 is 0. The highest BCUT2D eigenvalue weighted by Gasteiger charge is 2.02. The fourth-order valence-corrected chi connectivity index (χ4v) is 2.13. The van der Waals surface area contributed by atoms with E-state index < -0.39 is 0 Å². The summed E-state index contributed by atoms with van der Waals surface area (Å²) in [6.07, 6.45) is 24.6. The van der Waals surface area contributed by atoms with E-state index >= 15 is 0 Å². The van der Waals surface area contributed by atoms with Crippen LogP contribution in [0.15, 0.2) is 24.8 Å². The molecular weight excluding hydrogens is 252 g/mol. The molecule has 0 saturated heterocycles. The number of hydrogen-bond donors (Lipinski definition) is 0. The summed E-state index contributed by atoms with van der Waals surface area (Å²) in [4.78, 5) is 0. The highest BCUT2D eigenvalue weighted by Crippen LogP contribution is 2.13. The molecule has 0 amide bonds. The summed E-state index contributed by atoms with van der Waals surface area (Å²) < 4.78 is 0. The molecule has 0 spiro atoms. The maximum Gasteiger partial charge on any atom is 0.0312 e. The molecule has 0 bridgehead atoms. The van der Waals surface area contributed by atoms with E-state index in [1.807, 2.05) is 6.08 Å². The van der Waals surface area contributed by atoms with E-state index in [0.717, 1.165) is 32.1 Å². The molecule has 0 aromatic rings. The van der Waals surface area contributed by atoms with Crippen LogP contribution in [0.1, 0.15) is 77.6 Å². The van der Waals surface area contributed by atoms with Gasteiger partial charge in [0.25, 0.3) is 0 Å². The van der Waals surface area contributed by atoms with Gasteiger partial charge < -0.3 is 0 Å². The van der Waals surface area contributed by atoms with E-state index in [1.165, 1.54) is 38.5 Å². The molecule has 0 aliphatic heterocycles. The van der Waals surface area contributed by atoms with Crippen molar-refractivity contribution in [2.75, 3.05) is 0 Å². The number of hydrogen-bond acceptors (Lipinski definition) is 0. The second-order valence-corrected chi connectivity index (χ2v) is 5.51. The van der Waals surface area contributed by atoms with Gasteiger partial charge in [-0.2, -0.15) is 0 Å². The van der Waals surface area contributed by atoms with Gasteiger partial charge in [-0.25, -0.2) is 0 Å². The molecule has 0 nitrogen and oxygen atoms in total. The van der Waals surface area contributed by atoms with Crippen LogP contribution in [-0.4, -0.2) is 0 Å². The predicted octanol–water partition coefficient (Wildman–Crippen LogP) is 6.29. The first-order chi connectivity index (χ1) is 10.3. The van der Waals surface area contributed by atoms with Crippen LogP contribution >= 0.6 is 0 Å². The lowest BCUT2D eigenvalue weighted by Gasteiger charge is -2.06. The Morgan fingerprint density at radius 1 is 1.05 bits per heavy atom. The second-order valence-electron chi connectivity index (χ2n) is 5.51. The highest BCUT2D eigenvalue weighted by molar-refractivity contribution is 5.07. The molecule has 0 radical (unpaired) electrons. The third-order valence-electron chi connectivity index (χ3n) is 3.44. The van der Waals surface area contributed by atoms with Crippen LogP contribution in [0.2, 0.25) is 0 Å². The van der Waals surface area contributed by atoms with Crippen molar-refractivity contribution >= 4 is 0 Å². The number of allylic oxidation sites excluding steroid dienone is 3. The van der Waals surface area contributed by atoms with E-state index in [2.05, 4.69) is 43.4 Å². The van der Waals surface area contributed by atoms with E-state index in [0.29, 0.717) is 5.92 Å². The first kappa shape index (κ1) is 19.6. The van der Waals surface area contributed by atoms with Crippen molar-refractivity contribution in [3.8, 4) is 24.2 Å². The SMILES string of the molecule is C#CCC(C#CCCCC=C)CCCCC=CCCCC. The Morgan fingerprint density at radius 2 is 1.81 bits per heavy atom. The largest absolute Gasteiger partial charge is 0.120 e. The smallest absolute Gasteiger partial charge is 0.0312 e. The number of terminal acetylenes is 1. The molecule has 0 aliphatic carbocycles. The van der Waals surface area contributed by atoms with Gasteiger partial charge in [-0.3, -0.25) is 0 Å². The molecule has 21 heavy (non-hydrogen) atoms. The topological polar surface area (TPSA) is 0 Å².